The van der Waals surface area contributed by atoms with Crippen LogP contribution in [-0.4, -0.2) is 82.5 Å². The Morgan fingerprint density at radius 1 is 1.09 bits per heavy atom. The summed E-state index contributed by atoms with van der Waals surface area (Å²) < 4.78 is 22.6. The summed E-state index contributed by atoms with van der Waals surface area (Å²) in [6.45, 7) is 5.08. The molecule has 1 aromatic heterocycles. The van der Waals surface area contributed by atoms with Gasteiger partial charge >= 0.3 is 17.9 Å². The van der Waals surface area contributed by atoms with Crippen molar-refractivity contribution in [3.05, 3.63) is 33.9 Å². The van der Waals surface area contributed by atoms with E-state index in [1.807, 2.05) is 18.9 Å². The molecule has 1 aromatic carbocycles. The number of halogens is 1. The summed E-state index contributed by atoms with van der Waals surface area (Å²) in [6, 6.07) is 0.994. The number of hydrogen-bond acceptors (Lipinski definition) is 7. The van der Waals surface area contributed by atoms with Crippen molar-refractivity contribution in [1.29, 1.82) is 0 Å². The van der Waals surface area contributed by atoms with Gasteiger partial charge in [-0.1, -0.05) is 0 Å². The number of aliphatic carboxylic acids is 2. The van der Waals surface area contributed by atoms with Crippen molar-refractivity contribution in [2.24, 2.45) is 0 Å². The van der Waals surface area contributed by atoms with Gasteiger partial charge < -0.3 is 34.4 Å². The Balaban J connectivity index is 0.000000427. The number of carboxylic acids is 3. The minimum absolute atomic E-state index is 0.0434. The highest BCUT2D eigenvalue weighted by Crippen LogP contribution is 2.42. The van der Waals surface area contributed by atoms with Crippen molar-refractivity contribution in [1.82, 2.24) is 9.47 Å². The highest BCUT2D eigenvalue weighted by atomic mass is 19.1. The van der Waals surface area contributed by atoms with Gasteiger partial charge in [0.05, 0.1) is 16.9 Å². The van der Waals surface area contributed by atoms with E-state index < -0.39 is 29.2 Å². The van der Waals surface area contributed by atoms with E-state index in [1.165, 1.54) is 6.20 Å². The molecular formula is C20H22FN3O8. The minimum Gasteiger partial charge on any atom is -0.487 e. The lowest BCUT2D eigenvalue weighted by molar-refractivity contribution is -0.159. The summed E-state index contributed by atoms with van der Waals surface area (Å²) >= 11 is 0. The Bertz CT molecular complexity index is 1140. The SMILES string of the molecule is CC1COc2c(N3CCN(C)CC3)c(F)cc3c(=O)c(C(=O)O)cn1c23.O=C(O)C(=O)O. The van der Waals surface area contributed by atoms with Crippen LogP contribution in [0.25, 0.3) is 10.9 Å². The quantitative estimate of drug-likeness (QED) is 0.557. The molecule has 2 aromatic rings. The number of aromatic nitrogens is 1. The lowest BCUT2D eigenvalue weighted by atomic mass is 10.1. The van der Waals surface area contributed by atoms with Gasteiger partial charge in [0.15, 0.2) is 11.6 Å². The Morgan fingerprint density at radius 2 is 1.69 bits per heavy atom. The molecule has 0 radical (unpaired) electrons. The molecule has 172 valence electrons. The van der Waals surface area contributed by atoms with Crippen LogP contribution in [0, 0.1) is 5.82 Å². The van der Waals surface area contributed by atoms with E-state index in [4.69, 9.17) is 24.5 Å². The van der Waals surface area contributed by atoms with Crippen molar-refractivity contribution in [3.8, 4) is 5.75 Å². The molecule has 11 nitrogen and oxygen atoms in total. The number of pyridine rings is 1. The van der Waals surface area contributed by atoms with Crippen LogP contribution in [0.2, 0.25) is 0 Å². The zero-order chi connectivity index (χ0) is 23.7. The molecule has 1 saturated heterocycles. The third-order valence-electron chi connectivity index (χ3n) is 5.37. The first-order chi connectivity index (χ1) is 15.0. The zero-order valence-corrected chi connectivity index (χ0v) is 17.4. The molecule has 0 amide bonds. The first-order valence-corrected chi connectivity index (χ1v) is 9.70. The summed E-state index contributed by atoms with van der Waals surface area (Å²) in [6.07, 6.45) is 1.34. The predicted molar refractivity (Wildman–Crippen MR) is 110 cm³/mol. The monoisotopic (exact) mass is 451 g/mol. The number of aromatic carboxylic acids is 1. The number of nitrogens with zero attached hydrogens (tertiary/aromatic N) is 3. The van der Waals surface area contributed by atoms with Crippen molar-refractivity contribution in [3.63, 3.8) is 0 Å². The molecule has 2 aliphatic heterocycles. The number of carbonyl (C=O) groups is 3. The van der Waals surface area contributed by atoms with Crippen LogP contribution < -0.4 is 15.1 Å². The van der Waals surface area contributed by atoms with Gasteiger partial charge in [-0.2, -0.15) is 0 Å². The smallest absolute Gasteiger partial charge is 0.414 e. The Kier molecular flexibility index (Phi) is 6.35. The average molecular weight is 451 g/mol. The lowest BCUT2D eigenvalue weighted by Crippen LogP contribution is -2.45. The number of piperazine rings is 1. The summed E-state index contributed by atoms with van der Waals surface area (Å²) in [5.74, 6) is -5.19. The van der Waals surface area contributed by atoms with E-state index in [0.717, 1.165) is 19.2 Å². The van der Waals surface area contributed by atoms with Crippen LogP contribution in [0.3, 0.4) is 0 Å². The number of likely N-dealkylation sites (N-methyl/N-ethyl adjacent to an activating group) is 1. The van der Waals surface area contributed by atoms with Crippen molar-refractivity contribution in [2.45, 2.75) is 13.0 Å². The average Bonchev–Trinajstić information content (AvgIpc) is 2.73. The maximum Gasteiger partial charge on any atom is 0.414 e. The fraction of sp³-hybridized carbons (Fsp3) is 0.400. The van der Waals surface area contributed by atoms with Gasteiger partial charge in [0.1, 0.15) is 17.9 Å². The Hall–Kier alpha value is -3.67. The van der Waals surface area contributed by atoms with Crippen LogP contribution in [0.15, 0.2) is 17.1 Å². The molecule has 2 aliphatic rings. The number of carboxylic acid groups (broad SMARTS) is 3. The third kappa shape index (κ3) is 4.21. The molecule has 1 atom stereocenters. The second-order valence-corrected chi connectivity index (χ2v) is 7.58. The standard InChI is InChI=1S/C18H20FN3O4.C2H2O4/c1-10-9-26-17-14-11(16(23)12(18(24)25)8-22(10)14)7-13(19)15(17)21-5-3-20(2)4-6-21;3-1(4)2(5)6/h7-8,10H,3-6,9H2,1-2H3,(H,24,25);(H,3,4)(H,5,6). The minimum atomic E-state index is -1.82. The molecule has 32 heavy (non-hydrogen) atoms. The highest BCUT2D eigenvalue weighted by molar-refractivity contribution is 6.27. The van der Waals surface area contributed by atoms with E-state index >= 15 is 0 Å². The van der Waals surface area contributed by atoms with Gasteiger partial charge in [-0.15, -0.1) is 0 Å². The molecule has 0 spiro atoms. The van der Waals surface area contributed by atoms with Gasteiger partial charge in [0.25, 0.3) is 0 Å². The molecule has 0 aliphatic carbocycles. The first kappa shape index (κ1) is 23.0. The molecule has 4 rings (SSSR count). The normalized spacial score (nSPS) is 17.8. The fourth-order valence-corrected chi connectivity index (χ4v) is 3.69. The molecule has 3 heterocycles. The maximum atomic E-state index is 15.0. The van der Waals surface area contributed by atoms with Crippen LogP contribution in [-0.2, 0) is 9.59 Å². The first-order valence-electron chi connectivity index (χ1n) is 9.70. The van der Waals surface area contributed by atoms with Gasteiger partial charge in [-0.25, -0.2) is 18.8 Å². The number of anilines is 1. The molecule has 0 bridgehead atoms. The maximum absolute atomic E-state index is 15.0. The van der Waals surface area contributed by atoms with Crippen molar-refractivity contribution < 1.29 is 38.8 Å². The lowest BCUT2D eigenvalue weighted by Gasteiger charge is -2.37. The van der Waals surface area contributed by atoms with Crippen LogP contribution in [0.4, 0.5) is 10.1 Å². The van der Waals surface area contributed by atoms with Gasteiger partial charge in [0.2, 0.25) is 5.43 Å². The predicted octanol–water partition coefficient (Wildman–Crippen LogP) is 0.700. The Morgan fingerprint density at radius 3 is 2.22 bits per heavy atom. The Labute approximate surface area is 180 Å². The van der Waals surface area contributed by atoms with Crippen molar-refractivity contribution >= 4 is 34.5 Å². The van der Waals surface area contributed by atoms with Crippen molar-refractivity contribution in [2.75, 3.05) is 44.7 Å². The fourth-order valence-electron chi connectivity index (χ4n) is 3.69. The topological polar surface area (TPSA) is 150 Å². The number of ether oxygens (including phenoxy) is 1. The number of benzene rings is 1. The van der Waals surface area contributed by atoms with Gasteiger partial charge in [-0.3, -0.25) is 4.79 Å². The van der Waals surface area contributed by atoms with E-state index in [0.29, 0.717) is 30.0 Å². The zero-order valence-electron chi connectivity index (χ0n) is 17.4. The summed E-state index contributed by atoms with van der Waals surface area (Å²) in [5.41, 5.74) is -0.224. The summed E-state index contributed by atoms with van der Waals surface area (Å²) in [4.78, 5) is 46.3. The van der Waals surface area contributed by atoms with E-state index in [2.05, 4.69) is 4.90 Å². The number of rotatable bonds is 2. The summed E-state index contributed by atoms with van der Waals surface area (Å²) in [5, 5.41) is 24.1. The molecule has 1 fully saturated rings. The highest BCUT2D eigenvalue weighted by Gasteiger charge is 2.30. The molecule has 0 saturated carbocycles. The second kappa shape index (κ2) is 8.83. The van der Waals surface area contributed by atoms with Gasteiger partial charge in [-0.05, 0) is 20.0 Å². The number of hydrogen-bond donors (Lipinski definition) is 3. The molecule has 1 unspecified atom stereocenters. The van der Waals surface area contributed by atoms with Crippen LogP contribution in [0.5, 0.6) is 5.75 Å². The third-order valence-corrected chi connectivity index (χ3v) is 5.37. The summed E-state index contributed by atoms with van der Waals surface area (Å²) in [7, 11) is 2.02. The molecule has 3 N–H and O–H groups in total. The van der Waals surface area contributed by atoms with E-state index in [1.54, 1.807) is 4.57 Å². The van der Waals surface area contributed by atoms with Gasteiger partial charge in [0, 0.05) is 32.4 Å². The van der Waals surface area contributed by atoms with Crippen LogP contribution >= 0.6 is 0 Å². The molecule has 12 heteroatoms. The van der Waals surface area contributed by atoms with E-state index in [-0.39, 0.29) is 23.6 Å². The largest absolute Gasteiger partial charge is 0.487 e. The molecular weight excluding hydrogens is 429 g/mol. The van der Waals surface area contributed by atoms with E-state index in [9.17, 15) is 19.1 Å². The van der Waals surface area contributed by atoms with Crippen LogP contribution in [0.1, 0.15) is 23.3 Å². The second-order valence-electron chi connectivity index (χ2n) is 7.58.